The first kappa shape index (κ1) is 22.1. The molecule has 0 radical (unpaired) electrons. The van der Waals surface area contributed by atoms with E-state index in [0.717, 1.165) is 6.07 Å². The van der Waals surface area contributed by atoms with Crippen LogP contribution in [0.3, 0.4) is 0 Å². The van der Waals surface area contributed by atoms with E-state index < -0.39 is 23.6 Å². The second kappa shape index (κ2) is 9.04. The van der Waals surface area contributed by atoms with Crippen molar-refractivity contribution in [3.63, 3.8) is 0 Å². The summed E-state index contributed by atoms with van der Waals surface area (Å²) >= 11 is 0. The smallest absolute Gasteiger partial charge is 0.416 e. The van der Waals surface area contributed by atoms with Gasteiger partial charge in [0, 0.05) is 35.9 Å². The number of carbonyl (C=O) groups is 2. The molecule has 1 atom stereocenters. The van der Waals surface area contributed by atoms with Gasteiger partial charge in [0.1, 0.15) is 6.61 Å². The summed E-state index contributed by atoms with van der Waals surface area (Å²) in [6.45, 7) is 4.01. The Morgan fingerprint density at radius 1 is 1.20 bits per heavy atom. The average Bonchev–Trinajstić information content (AvgIpc) is 2.69. The molecule has 1 unspecified atom stereocenters. The van der Waals surface area contributed by atoms with Crippen LogP contribution in [0, 0.1) is 0 Å². The number of Topliss-reactive ketones (excluding diaryl/α,β-unsaturated/α-hetero) is 1. The summed E-state index contributed by atoms with van der Waals surface area (Å²) in [6, 6.07) is 5.07. The van der Waals surface area contributed by atoms with E-state index in [-0.39, 0.29) is 42.1 Å². The van der Waals surface area contributed by atoms with Crippen molar-refractivity contribution in [1.29, 1.82) is 0 Å². The van der Waals surface area contributed by atoms with Crippen molar-refractivity contribution in [3.05, 3.63) is 57.9 Å². The maximum atomic E-state index is 13.8. The zero-order valence-corrected chi connectivity index (χ0v) is 16.9. The van der Waals surface area contributed by atoms with Crippen LogP contribution in [0.2, 0.25) is 0 Å². The number of halogens is 3. The van der Waals surface area contributed by atoms with Crippen LogP contribution in [-0.2, 0) is 25.2 Å². The fraction of sp³-hybridized carbons (Fsp3) is 0.455. The van der Waals surface area contributed by atoms with Gasteiger partial charge in [0.15, 0.2) is 5.78 Å². The van der Waals surface area contributed by atoms with Crippen LogP contribution in [0.5, 0.6) is 0 Å². The Hall–Kier alpha value is -2.61. The molecule has 3 rings (SSSR count). The number of esters is 1. The second-order valence-electron chi connectivity index (χ2n) is 7.18. The highest BCUT2D eigenvalue weighted by molar-refractivity contribution is 6.03. The van der Waals surface area contributed by atoms with Gasteiger partial charge >= 0.3 is 12.1 Å². The van der Waals surface area contributed by atoms with E-state index >= 15 is 0 Å². The predicted molar refractivity (Wildman–Crippen MR) is 103 cm³/mol. The predicted octanol–water partition coefficient (Wildman–Crippen LogP) is 4.25. The highest BCUT2D eigenvalue weighted by Gasteiger charge is 2.43. The third-order valence-corrected chi connectivity index (χ3v) is 5.24. The molecular weight excluding hydrogens is 399 g/mol. The molecule has 0 fully saturated rings. The lowest BCUT2D eigenvalue weighted by molar-refractivity contribution is -0.142. The summed E-state index contributed by atoms with van der Waals surface area (Å²) < 4.78 is 51.7. The molecule has 1 aromatic carbocycles. The number of dihydropyridines is 1. The number of rotatable bonds is 6. The average molecular weight is 423 g/mol. The summed E-state index contributed by atoms with van der Waals surface area (Å²) in [7, 11) is 0. The minimum absolute atomic E-state index is 0.0252. The SMILES string of the molecule is CCOCCOC(=O)C1=C(C)NC2=C(C(=O)CCC2)C1c1ccccc1C(F)(F)F. The zero-order chi connectivity index (χ0) is 21.9. The van der Waals surface area contributed by atoms with Crippen molar-refractivity contribution in [2.45, 2.75) is 45.2 Å². The fourth-order valence-electron chi connectivity index (χ4n) is 3.99. The molecule has 0 saturated carbocycles. The Labute approximate surface area is 172 Å². The van der Waals surface area contributed by atoms with E-state index in [1.807, 2.05) is 0 Å². The summed E-state index contributed by atoms with van der Waals surface area (Å²) in [5, 5.41) is 3.06. The molecule has 2 aliphatic rings. The standard InChI is InChI=1S/C22H24F3NO4/c1-3-29-11-12-30-21(28)18-13(2)26-16-9-6-10-17(27)20(16)19(18)14-7-4-5-8-15(14)22(23,24)25/h4-5,7-8,19,26H,3,6,9-12H2,1-2H3. The monoisotopic (exact) mass is 423 g/mol. The number of ether oxygens (including phenoxy) is 2. The zero-order valence-electron chi connectivity index (χ0n) is 16.9. The minimum Gasteiger partial charge on any atom is -0.460 e. The van der Waals surface area contributed by atoms with E-state index in [1.54, 1.807) is 13.8 Å². The maximum absolute atomic E-state index is 13.8. The number of carbonyl (C=O) groups excluding carboxylic acids is 2. The van der Waals surface area contributed by atoms with E-state index in [0.29, 0.717) is 30.8 Å². The van der Waals surface area contributed by atoms with Crippen LogP contribution in [0.4, 0.5) is 13.2 Å². The van der Waals surface area contributed by atoms with Crippen LogP contribution in [0.1, 0.15) is 50.2 Å². The highest BCUT2D eigenvalue weighted by atomic mass is 19.4. The van der Waals surface area contributed by atoms with Gasteiger partial charge in [-0.3, -0.25) is 4.79 Å². The number of hydrogen-bond acceptors (Lipinski definition) is 5. The van der Waals surface area contributed by atoms with Crippen LogP contribution < -0.4 is 5.32 Å². The van der Waals surface area contributed by atoms with Gasteiger partial charge in [-0.2, -0.15) is 13.2 Å². The molecule has 0 saturated heterocycles. The lowest BCUT2D eigenvalue weighted by Crippen LogP contribution is -2.35. The van der Waals surface area contributed by atoms with Gasteiger partial charge in [-0.05, 0) is 38.3 Å². The van der Waals surface area contributed by atoms with Gasteiger partial charge in [0.05, 0.1) is 17.7 Å². The van der Waals surface area contributed by atoms with Gasteiger partial charge in [0.25, 0.3) is 0 Å². The molecule has 0 bridgehead atoms. The summed E-state index contributed by atoms with van der Waals surface area (Å²) in [5.74, 6) is -2.14. The molecule has 1 aliphatic heterocycles. The second-order valence-corrected chi connectivity index (χ2v) is 7.18. The molecule has 1 heterocycles. The van der Waals surface area contributed by atoms with E-state index in [2.05, 4.69) is 5.32 Å². The largest absolute Gasteiger partial charge is 0.460 e. The topological polar surface area (TPSA) is 64.6 Å². The van der Waals surface area contributed by atoms with Crippen LogP contribution >= 0.6 is 0 Å². The molecular formula is C22H24F3NO4. The van der Waals surface area contributed by atoms with Crippen LogP contribution in [0.25, 0.3) is 0 Å². The van der Waals surface area contributed by atoms with Gasteiger partial charge < -0.3 is 14.8 Å². The van der Waals surface area contributed by atoms with Crippen LogP contribution in [-0.4, -0.2) is 31.6 Å². The fourth-order valence-corrected chi connectivity index (χ4v) is 3.99. The Bertz CT molecular complexity index is 902. The lowest BCUT2D eigenvalue weighted by Gasteiger charge is -2.35. The Kier molecular flexibility index (Phi) is 6.65. The molecule has 1 aromatic rings. The first-order valence-electron chi connectivity index (χ1n) is 9.90. The molecule has 1 N–H and O–H groups in total. The molecule has 0 amide bonds. The van der Waals surface area contributed by atoms with Gasteiger partial charge in [-0.1, -0.05) is 18.2 Å². The summed E-state index contributed by atoms with van der Waals surface area (Å²) in [4.78, 5) is 25.7. The van der Waals surface area contributed by atoms with E-state index in [9.17, 15) is 22.8 Å². The molecule has 0 aromatic heterocycles. The number of alkyl halides is 3. The van der Waals surface area contributed by atoms with Crippen molar-refractivity contribution in [2.24, 2.45) is 0 Å². The van der Waals surface area contributed by atoms with Crippen LogP contribution in [0.15, 0.2) is 46.8 Å². The molecule has 30 heavy (non-hydrogen) atoms. The lowest BCUT2D eigenvalue weighted by atomic mass is 9.74. The molecule has 5 nitrogen and oxygen atoms in total. The van der Waals surface area contributed by atoms with E-state index in [4.69, 9.17) is 9.47 Å². The minimum atomic E-state index is -4.63. The first-order chi connectivity index (χ1) is 14.3. The third-order valence-electron chi connectivity index (χ3n) is 5.24. The van der Waals surface area contributed by atoms with E-state index in [1.165, 1.54) is 18.2 Å². The Morgan fingerprint density at radius 2 is 1.93 bits per heavy atom. The van der Waals surface area contributed by atoms with Gasteiger partial charge in [-0.25, -0.2) is 4.79 Å². The normalized spacial score (nSPS) is 19.5. The summed E-state index contributed by atoms with van der Waals surface area (Å²) in [5.41, 5.74) is 0.237. The maximum Gasteiger partial charge on any atom is 0.416 e. The Balaban J connectivity index is 2.10. The van der Waals surface area contributed by atoms with Crippen molar-refractivity contribution in [1.82, 2.24) is 5.32 Å². The number of ketones is 1. The number of allylic oxidation sites excluding steroid dienone is 3. The quantitative estimate of drug-likeness (QED) is 0.547. The van der Waals surface area contributed by atoms with Crippen molar-refractivity contribution in [3.8, 4) is 0 Å². The number of hydrogen-bond donors (Lipinski definition) is 1. The number of benzene rings is 1. The third kappa shape index (κ3) is 4.43. The summed E-state index contributed by atoms with van der Waals surface area (Å²) in [6.07, 6.45) is -3.25. The molecule has 1 aliphatic carbocycles. The van der Waals surface area contributed by atoms with Gasteiger partial charge in [-0.15, -0.1) is 0 Å². The number of nitrogens with one attached hydrogen (secondary N) is 1. The highest BCUT2D eigenvalue weighted by Crippen LogP contribution is 2.46. The van der Waals surface area contributed by atoms with Crippen molar-refractivity contribution in [2.75, 3.05) is 19.8 Å². The Morgan fingerprint density at radius 3 is 2.63 bits per heavy atom. The molecule has 8 heteroatoms. The molecule has 162 valence electrons. The molecule has 0 spiro atoms. The first-order valence-corrected chi connectivity index (χ1v) is 9.90. The van der Waals surface area contributed by atoms with Crippen molar-refractivity contribution >= 4 is 11.8 Å². The van der Waals surface area contributed by atoms with Gasteiger partial charge in [0.2, 0.25) is 0 Å². The van der Waals surface area contributed by atoms with Crippen molar-refractivity contribution < 1.29 is 32.2 Å².